The SMILES string of the molecule is Cn1nc(CC(=O)OCC(=O)Nc2ccccc2Sc2ccccc2)c2ccccc2c1=O. The number of carbonyl (C=O) groups is 2. The first kappa shape index (κ1) is 22.3. The second-order valence-corrected chi connectivity index (χ2v) is 8.33. The van der Waals surface area contributed by atoms with Crippen LogP contribution in [-0.4, -0.2) is 28.3 Å². The van der Waals surface area contributed by atoms with Crippen LogP contribution in [0.25, 0.3) is 10.8 Å². The summed E-state index contributed by atoms with van der Waals surface area (Å²) >= 11 is 1.53. The van der Waals surface area contributed by atoms with Crippen LogP contribution in [0, 0.1) is 0 Å². The summed E-state index contributed by atoms with van der Waals surface area (Å²) in [6, 6.07) is 24.2. The molecule has 0 aliphatic carbocycles. The average molecular weight is 460 g/mol. The van der Waals surface area contributed by atoms with Crippen LogP contribution in [0.4, 0.5) is 5.69 Å². The Morgan fingerprint density at radius 1 is 0.939 bits per heavy atom. The van der Waals surface area contributed by atoms with Crippen molar-refractivity contribution in [3.05, 3.63) is 94.9 Å². The van der Waals surface area contributed by atoms with Crippen LogP contribution in [0.15, 0.2) is 93.4 Å². The normalized spacial score (nSPS) is 10.7. The highest BCUT2D eigenvalue weighted by Gasteiger charge is 2.15. The Morgan fingerprint density at radius 3 is 2.39 bits per heavy atom. The van der Waals surface area contributed by atoms with Crippen molar-refractivity contribution < 1.29 is 14.3 Å². The van der Waals surface area contributed by atoms with Gasteiger partial charge in [0, 0.05) is 22.2 Å². The van der Waals surface area contributed by atoms with Gasteiger partial charge in [-0.05, 0) is 30.3 Å². The number of hydrogen-bond donors (Lipinski definition) is 1. The summed E-state index contributed by atoms with van der Waals surface area (Å²) in [4.78, 5) is 39.0. The number of hydrogen-bond acceptors (Lipinski definition) is 6. The number of aryl methyl sites for hydroxylation is 1. The van der Waals surface area contributed by atoms with Crippen molar-refractivity contribution in [2.75, 3.05) is 11.9 Å². The number of para-hydroxylation sites is 1. The fourth-order valence-electron chi connectivity index (χ4n) is 3.30. The van der Waals surface area contributed by atoms with Crippen LogP contribution in [-0.2, 0) is 27.8 Å². The van der Waals surface area contributed by atoms with Crippen LogP contribution in [0.5, 0.6) is 0 Å². The predicted octanol–water partition coefficient (Wildman–Crippen LogP) is 3.81. The highest BCUT2D eigenvalue weighted by atomic mass is 32.2. The van der Waals surface area contributed by atoms with E-state index in [2.05, 4.69) is 10.4 Å². The number of carbonyl (C=O) groups excluding carboxylic acids is 2. The summed E-state index contributed by atoms with van der Waals surface area (Å²) in [6.45, 7) is -0.424. The third kappa shape index (κ3) is 5.48. The van der Waals surface area contributed by atoms with Crippen LogP contribution in [0.3, 0.4) is 0 Å². The molecule has 0 radical (unpaired) electrons. The molecule has 3 aromatic carbocycles. The number of aromatic nitrogens is 2. The van der Waals surface area contributed by atoms with Gasteiger partial charge in [-0.3, -0.25) is 14.4 Å². The van der Waals surface area contributed by atoms with E-state index in [4.69, 9.17) is 4.74 Å². The molecule has 0 spiro atoms. The molecule has 0 aliphatic rings. The van der Waals surface area contributed by atoms with Gasteiger partial charge in [0.15, 0.2) is 6.61 Å². The van der Waals surface area contributed by atoms with Gasteiger partial charge in [-0.2, -0.15) is 5.10 Å². The molecule has 4 rings (SSSR count). The quantitative estimate of drug-likeness (QED) is 0.423. The van der Waals surface area contributed by atoms with Crippen molar-refractivity contribution >= 4 is 40.1 Å². The number of amides is 1. The Hall–Kier alpha value is -3.91. The third-order valence-electron chi connectivity index (χ3n) is 4.84. The molecule has 0 bridgehead atoms. The Kier molecular flexibility index (Phi) is 6.85. The van der Waals surface area contributed by atoms with E-state index in [0.717, 1.165) is 9.79 Å². The maximum Gasteiger partial charge on any atom is 0.312 e. The van der Waals surface area contributed by atoms with Gasteiger partial charge in [-0.25, -0.2) is 4.68 Å². The van der Waals surface area contributed by atoms with E-state index >= 15 is 0 Å². The van der Waals surface area contributed by atoms with Crippen molar-refractivity contribution in [3.63, 3.8) is 0 Å². The van der Waals surface area contributed by atoms with Crippen LogP contribution in [0.1, 0.15) is 5.69 Å². The second-order valence-electron chi connectivity index (χ2n) is 7.22. The van der Waals surface area contributed by atoms with Gasteiger partial charge in [0.1, 0.15) is 0 Å². The van der Waals surface area contributed by atoms with Gasteiger partial charge in [-0.1, -0.05) is 60.3 Å². The fraction of sp³-hybridized carbons (Fsp3) is 0.120. The van der Waals surface area contributed by atoms with Gasteiger partial charge in [-0.15, -0.1) is 0 Å². The molecule has 4 aromatic rings. The summed E-state index contributed by atoms with van der Waals surface area (Å²) in [5, 5.41) is 8.05. The third-order valence-corrected chi connectivity index (χ3v) is 5.92. The van der Waals surface area contributed by atoms with Crippen molar-refractivity contribution in [2.24, 2.45) is 7.05 Å². The summed E-state index contributed by atoms with van der Waals surface area (Å²) in [6.07, 6.45) is -0.150. The van der Waals surface area contributed by atoms with Crippen molar-refractivity contribution in [1.82, 2.24) is 9.78 Å². The lowest BCUT2D eigenvalue weighted by Crippen LogP contribution is -2.24. The number of ether oxygens (including phenoxy) is 1. The maximum absolute atomic E-state index is 12.4. The molecule has 33 heavy (non-hydrogen) atoms. The van der Waals surface area contributed by atoms with E-state index in [9.17, 15) is 14.4 Å². The molecule has 0 unspecified atom stereocenters. The minimum absolute atomic E-state index is 0.150. The highest BCUT2D eigenvalue weighted by molar-refractivity contribution is 7.99. The molecule has 1 N–H and O–H groups in total. The molecular formula is C25H21N3O4S. The van der Waals surface area contributed by atoms with Crippen molar-refractivity contribution in [2.45, 2.75) is 16.2 Å². The molecule has 1 aromatic heterocycles. The molecule has 7 nitrogen and oxygen atoms in total. The minimum Gasteiger partial charge on any atom is -0.455 e. The fourth-order valence-corrected chi connectivity index (χ4v) is 4.22. The van der Waals surface area contributed by atoms with Gasteiger partial charge < -0.3 is 10.1 Å². The Morgan fingerprint density at radius 2 is 1.61 bits per heavy atom. The van der Waals surface area contributed by atoms with Crippen LogP contribution < -0.4 is 10.9 Å². The molecule has 8 heteroatoms. The number of nitrogens with zero attached hydrogens (tertiary/aromatic N) is 2. The minimum atomic E-state index is -0.603. The Labute approximate surface area is 194 Å². The lowest BCUT2D eigenvalue weighted by molar-refractivity contribution is -0.146. The lowest BCUT2D eigenvalue weighted by Gasteiger charge is -2.11. The lowest BCUT2D eigenvalue weighted by atomic mass is 10.1. The second kappa shape index (κ2) is 10.1. The Bertz CT molecular complexity index is 1370. The number of benzene rings is 3. The number of fused-ring (bicyclic) bond motifs is 1. The molecule has 166 valence electrons. The van der Waals surface area contributed by atoms with E-state index in [-0.39, 0.29) is 12.0 Å². The van der Waals surface area contributed by atoms with Crippen molar-refractivity contribution in [1.29, 1.82) is 0 Å². The largest absolute Gasteiger partial charge is 0.455 e. The van der Waals surface area contributed by atoms with Crippen molar-refractivity contribution in [3.8, 4) is 0 Å². The molecule has 0 aliphatic heterocycles. The molecule has 0 saturated heterocycles. The zero-order valence-electron chi connectivity index (χ0n) is 17.9. The number of esters is 1. The molecule has 1 heterocycles. The summed E-state index contributed by atoms with van der Waals surface area (Å²) < 4.78 is 6.37. The Balaban J connectivity index is 1.39. The summed E-state index contributed by atoms with van der Waals surface area (Å²) in [7, 11) is 1.53. The molecule has 0 atom stereocenters. The molecular weight excluding hydrogens is 438 g/mol. The number of anilines is 1. The maximum atomic E-state index is 12.4. The molecule has 1 amide bonds. The van der Waals surface area contributed by atoms with Gasteiger partial charge in [0.25, 0.3) is 11.5 Å². The monoisotopic (exact) mass is 459 g/mol. The van der Waals surface area contributed by atoms with E-state index in [1.165, 1.54) is 23.5 Å². The van der Waals surface area contributed by atoms with E-state index in [0.29, 0.717) is 22.2 Å². The van der Waals surface area contributed by atoms with E-state index in [1.807, 2.05) is 48.5 Å². The van der Waals surface area contributed by atoms with E-state index < -0.39 is 18.5 Å². The standard InChI is InChI=1S/C25H21N3O4S/c1-28-25(31)19-12-6-5-11-18(19)21(27-28)15-24(30)32-16-23(29)26-20-13-7-8-14-22(20)33-17-9-3-2-4-10-17/h2-14H,15-16H2,1H3,(H,26,29). The first-order valence-corrected chi connectivity index (χ1v) is 11.1. The van der Waals surface area contributed by atoms with E-state index in [1.54, 1.807) is 30.3 Å². The molecule has 0 fully saturated rings. The average Bonchev–Trinajstić information content (AvgIpc) is 2.83. The van der Waals surface area contributed by atoms with Crippen LogP contribution in [0.2, 0.25) is 0 Å². The zero-order chi connectivity index (χ0) is 23.2. The number of rotatable bonds is 7. The first-order chi connectivity index (χ1) is 16.0. The topological polar surface area (TPSA) is 90.3 Å². The summed E-state index contributed by atoms with van der Waals surface area (Å²) in [5.74, 6) is -1.05. The predicted molar refractivity (Wildman–Crippen MR) is 127 cm³/mol. The van der Waals surface area contributed by atoms with Crippen LogP contribution >= 0.6 is 11.8 Å². The van der Waals surface area contributed by atoms with Gasteiger partial charge in [0.05, 0.1) is 23.2 Å². The zero-order valence-corrected chi connectivity index (χ0v) is 18.7. The smallest absolute Gasteiger partial charge is 0.312 e. The highest BCUT2D eigenvalue weighted by Crippen LogP contribution is 2.33. The van der Waals surface area contributed by atoms with Gasteiger partial charge >= 0.3 is 5.97 Å². The van der Waals surface area contributed by atoms with Gasteiger partial charge in [0.2, 0.25) is 0 Å². The first-order valence-electron chi connectivity index (χ1n) is 10.2. The molecule has 0 saturated carbocycles. The summed E-state index contributed by atoms with van der Waals surface area (Å²) in [5.41, 5.74) is 0.815. The number of nitrogens with one attached hydrogen (secondary N) is 1.